The maximum atomic E-state index is 11.1. The van der Waals surface area contributed by atoms with Crippen molar-refractivity contribution in [2.24, 2.45) is 5.73 Å². The highest BCUT2D eigenvalue weighted by molar-refractivity contribution is 5.77. The first kappa shape index (κ1) is 13.7. The molecule has 0 aromatic heterocycles. The summed E-state index contributed by atoms with van der Waals surface area (Å²) in [7, 11) is 0. The number of unbranched alkanes of at least 4 members (excludes halogenated alkanes) is 1. The van der Waals surface area contributed by atoms with Crippen LogP contribution in [0.1, 0.15) is 19.8 Å². The number of carbonyl (C=O) groups is 2. The average Bonchev–Trinajstić information content (AvgIpc) is 2.17. The summed E-state index contributed by atoms with van der Waals surface area (Å²) in [5.41, 5.74) is 4.86. The first-order valence-corrected chi connectivity index (χ1v) is 5.17. The van der Waals surface area contributed by atoms with E-state index in [4.69, 9.17) is 5.73 Å². The minimum absolute atomic E-state index is 0.0254. The van der Waals surface area contributed by atoms with Crippen LogP contribution in [0.2, 0.25) is 0 Å². The molecule has 5 N–H and O–H groups in total. The lowest BCUT2D eigenvalue weighted by molar-refractivity contribution is -0.120. The average molecular weight is 216 g/mol. The molecule has 0 rings (SSSR count). The zero-order valence-electron chi connectivity index (χ0n) is 9.14. The lowest BCUT2D eigenvalue weighted by Gasteiger charge is -2.06. The van der Waals surface area contributed by atoms with Crippen LogP contribution in [0.5, 0.6) is 0 Å². The molecule has 0 unspecified atom stereocenters. The Labute approximate surface area is 90.0 Å². The highest BCUT2D eigenvalue weighted by Gasteiger charge is 1.98. The van der Waals surface area contributed by atoms with Crippen LogP contribution >= 0.6 is 0 Å². The zero-order chi connectivity index (χ0) is 11.5. The minimum Gasteiger partial charge on any atom is -0.355 e. The number of amides is 3. The molecule has 0 heterocycles. The quantitative estimate of drug-likeness (QED) is 0.398. The molecule has 0 atom stereocenters. The molecule has 0 aliphatic heterocycles. The molecule has 0 saturated heterocycles. The summed E-state index contributed by atoms with van der Waals surface area (Å²) in [4.78, 5) is 21.4. The van der Waals surface area contributed by atoms with E-state index in [0.29, 0.717) is 13.1 Å². The van der Waals surface area contributed by atoms with E-state index in [9.17, 15) is 9.59 Å². The highest BCUT2D eigenvalue weighted by Crippen LogP contribution is 1.81. The second-order valence-electron chi connectivity index (χ2n) is 3.17. The van der Waals surface area contributed by atoms with Crippen molar-refractivity contribution < 1.29 is 9.59 Å². The molecule has 88 valence electrons. The molecule has 6 heteroatoms. The van der Waals surface area contributed by atoms with Crippen LogP contribution in [0.15, 0.2) is 0 Å². The molecular formula is C9H20N4O2. The van der Waals surface area contributed by atoms with Gasteiger partial charge in [0, 0.05) is 19.6 Å². The Morgan fingerprint density at radius 2 is 1.87 bits per heavy atom. The van der Waals surface area contributed by atoms with Gasteiger partial charge < -0.3 is 21.7 Å². The Morgan fingerprint density at radius 1 is 1.13 bits per heavy atom. The third kappa shape index (κ3) is 10.6. The molecule has 0 aromatic rings. The van der Waals surface area contributed by atoms with E-state index >= 15 is 0 Å². The summed E-state index contributed by atoms with van der Waals surface area (Å²) >= 11 is 0. The molecule has 0 spiro atoms. The zero-order valence-corrected chi connectivity index (χ0v) is 9.14. The normalized spacial score (nSPS) is 9.67. The van der Waals surface area contributed by atoms with Crippen LogP contribution in [0.3, 0.4) is 0 Å². The smallest absolute Gasteiger partial charge is 0.312 e. The number of hydrogen-bond donors (Lipinski definition) is 4. The molecule has 0 aliphatic carbocycles. The third-order valence-electron chi connectivity index (χ3n) is 1.74. The first-order valence-electron chi connectivity index (χ1n) is 5.17. The maximum absolute atomic E-state index is 11.1. The van der Waals surface area contributed by atoms with Crippen LogP contribution in [0.25, 0.3) is 0 Å². The number of hydrogen-bond acceptors (Lipinski definition) is 3. The molecule has 0 aliphatic rings. The van der Waals surface area contributed by atoms with Gasteiger partial charge in [0.2, 0.25) is 5.91 Å². The van der Waals surface area contributed by atoms with Crippen molar-refractivity contribution in [2.75, 3.05) is 26.2 Å². The second kappa shape index (κ2) is 9.26. The van der Waals surface area contributed by atoms with E-state index in [1.807, 2.05) is 0 Å². The van der Waals surface area contributed by atoms with Crippen LogP contribution < -0.4 is 21.7 Å². The van der Waals surface area contributed by atoms with Gasteiger partial charge in [0.15, 0.2) is 0 Å². The van der Waals surface area contributed by atoms with E-state index in [1.165, 1.54) is 0 Å². The van der Waals surface area contributed by atoms with Crippen molar-refractivity contribution in [3.8, 4) is 0 Å². The SMILES string of the molecule is CCCCNC(=O)CNCCNC(N)=O. The molecule has 0 saturated carbocycles. The standard InChI is InChI=1S/C9H20N4O2/c1-2-3-4-12-8(14)7-11-5-6-13-9(10)15/h11H,2-7H2,1H3,(H,12,14)(H3,10,13,15). The molecule has 15 heavy (non-hydrogen) atoms. The Morgan fingerprint density at radius 3 is 2.47 bits per heavy atom. The van der Waals surface area contributed by atoms with E-state index in [1.54, 1.807) is 0 Å². The van der Waals surface area contributed by atoms with Gasteiger partial charge in [-0.15, -0.1) is 0 Å². The van der Waals surface area contributed by atoms with Gasteiger partial charge in [-0.3, -0.25) is 4.79 Å². The molecule has 6 nitrogen and oxygen atoms in total. The van der Waals surface area contributed by atoms with Gasteiger partial charge in [0.05, 0.1) is 6.54 Å². The molecule has 3 amide bonds. The summed E-state index contributed by atoms with van der Waals surface area (Å²) in [6.07, 6.45) is 2.06. The topological polar surface area (TPSA) is 96.2 Å². The van der Waals surface area contributed by atoms with E-state index < -0.39 is 6.03 Å². The fraction of sp³-hybridized carbons (Fsp3) is 0.778. The highest BCUT2D eigenvalue weighted by atomic mass is 16.2. The molecule has 0 aromatic carbocycles. The summed E-state index contributed by atoms with van der Waals surface area (Å²) in [6.45, 7) is 4.02. The number of primary amides is 1. The summed E-state index contributed by atoms with van der Waals surface area (Å²) in [6, 6.07) is -0.552. The van der Waals surface area contributed by atoms with E-state index in [2.05, 4.69) is 22.9 Å². The van der Waals surface area contributed by atoms with Gasteiger partial charge in [-0.1, -0.05) is 13.3 Å². The lowest BCUT2D eigenvalue weighted by atomic mass is 10.3. The molecule has 0 radical (unpaired) electrons. The molecule has 0 fully saturated rings. The fourth-order valence-electron chi connectivity index (χ4n) is 0.943. The van der Waals surface area contributed by atoms with E-state index in [0.717, 1.165) is 19.4 Å². The minimum atomic E-state index is -0.552. The van der Waals surface area contributed by atoms with Gasteiger partial charge in [-0.25, -0.2) is 4.79 Å². The number of urea groups is 1. The first-order chi connectivity index (χ1) is 7.16. The van der Waals surface area contributed by atoms with Crippen LogP contribution in [0, 0.1) is 0 Å². The fourth-order valence-corrected chi connectivity index (χ4v) is 0.943. The van der Waals surface area contributed by atoms with Crippen LogP contribution in [-0.2, 0) is 4.79 Å². The van der Waals surface area contributed by atoms with Gasteiger partial charge >= 0.3 is 6.03 Å². The lowest BCUT2D eigenvalue weighted by Crippen LogP contribution is -2.39. The Hall–Kier alpha value is -1.30. The monoisotopic (exact) mass is 216 g/mol. The van der Waals surface area contributed by atoms with Crippen molar-refractivity contribution in [2.45, 2.75) is 19.8 Å². The Balaban J connectivity index is 3.20. The van der Waals surface area contributed by atoms with Crippen molar-refractivity contribution in [1.82, 2.24) is 16.0 Å². The summed E-state index contributed by atoms with van der Waals surface area (Å²) < 4.78 is 0. The van der Waals surface area contributed by atoms with Crippen molar-refractivity contribution in [3.63, 3.8) is 0 Å². The molecular weight excluding hydrogens is 196 g/mol. The Bertz CT molecular complexity index is 197. The van der Waals surface area contributed by atoms with Gasteiger partial charge in [-0.05, 0) is 6.42 Å². The predicted molar refractivity (Wildman–Crippen MR) is 58.4 cm³/mol. The van der Waals surface area contributed by atoms with Gasteiger partial charge in [0.25, 0.3) is 0 Å². The number of nitrogens with one attached hydrogen (secondary N) is 3. The summed E-state index contributed by atoms with van der Waals surface area (Å²) in [5, 5.41) is 8.07. The molecule has 0 bridgehead atoms. The van der Waals surface area contributed by atoms with Crippen molar-refractivity contribution >= 4 is 11.9 Å². The second-order valence-corrected chi connectivity index (χ2v) is 3.17. The van der Waals surface area contributed by atoms with E-state index in [-0.39, 0.29) is 12.5 Å². The summed E-state index contributed by atoms with van der Waals surface area (Å²) in [5.74, 6) is -0.0254. The number of nitrogens with two attached hydrogens (primary N) is 1. The Kier molecular flexibility index (Phi) is 8.46. The van der Waals surface area contributed by atoms with Crippen molar-refractivity contribution in [1.29, 1.82) is 0 Å². The third-order valence-corrected chi connectivity index (χ3v) is 1.74. The number of rotatable bonds is 8. The predicted octanol–water partition coefficient (Wildman–Crippen LogP) is -0.839. The van der Waals surface area contributed by atoms with Crippen LogP contribution in [-0.4, -0.2) is 38.1 Å². The maximum Gasteiger partial charge on any atom is 0.312 e. The van der Waals surface area contributed by atoms with Crippen molar-refractivity contribution in [3.05, 3.63) is 0 Å². The van der Waals surface area contributed by atoms with Crippen LogP contribution in [0.4, 0.5) is 4.79 Å². The van der Waals surface area contributed by atoms with Gasteiger partial charge in [0.1, 0.15) is 0 Å². The largest absolute Gasteiger partial charge is 0.355 e. The number of carbonyl (C=O) groups excluding carboxylic acids is 2. The van der Waals surface area contributed by atoms with Gasteiger partial charge in [-0.2, -0.15) is 0 Å².